The lowest BCUT2D eigenvalue weighted by molar-refractivity contribution is -0.385. The molecule has 0 spiro atoms. The summed E-state index contributed by atoms with van der Waals surface area (Å²) in [6, 6.07) is 5.16. The molecule has 0 saturated carbocycles. The van der Waals surface area contributed by atoms with E-state index in [9.17, 15) is 10.1 Å². The summed E-state index contributed by atoms with van der Waals surface area (Å²) in [6.07, 6.45) is 2.16. The zero-order valence-corrected chi connectivity index (χ0v) is 10.5. The van der Waals surface area contributed by atoms with Gasteiger partial charge >= 0.3 is 0 Å². The van der Waals surface area contributed by atoms with E-state index in [0.29, 0.717) is 11.5 Å². The smallest absolute Gasteiger partial charge is 0.272 e. The van der Waals surface area contributed by atoms with Crippen molar-refractivity contribution in [1.82, 2.24) is 0 Å². The van der Waals surface area contributed by atoms with E-state index in [-0.39, 0.29) is 10.6 Å². The average Bonchev–Trinajstić information content (AvgIpc) is 2.37. The number of nitro groups is 1. The van der Waals surface area contributed by atoms with Gasteiger partial charge in [-0.05, 0) is 37.8 Å². The van der Waals surface area contributed by atoms with Crippen LogP contribution in [0.2, 0.25) is 0 Å². The lowest BCUT2D eigenvalue weighted by atomic mass is 10.0. The van der Waals surface area contributed by atoms with Gasteiger partial charge in [0.25, 0.3) is 5.69 Å². The molecule has 0 unspecified atom stereocenters. The zero-order valence-electron chi connectivity index (χ0n) is 10.5. The van der Waals surface area contributed by atoms with Gasteiger partial charge in [-0.1, -0.05) is 0 Å². The van der Waals surface area contributed by atoms with E-state index in [0.717, 1.165) is 38.3 Å². The first-order valence-corrected chi connectivity index (χ1v) is 6.23. The number of hydrogen-bond donors (Lipinski definition) is 1. The molecule has 0 aliphatic carbocycles. The molecule has 5 nitrogen and oxygen atoms in total. The minimum Gasteiger partial charge on any atom is -0.385 e. The predicted molar refractivity (Wildman–Crippen MR) is 69.9 cm³/mol. The van der Waals surface area contributed by atoms with Crippen molar-refractivity contribution in [2.24, 2.45) is 5.92 Å². The molecular formula is C13H18N2O3. The van der Waals surface area contributed by atoms with Crippen LogP contribution in [0.25, 0.3) is 0 Å². The van der Waals surface area contributed by atoms with Crippen molar-refractivity contribution in [3.63, 3.8) is 0 Å². The van der Waals surface area contributed by atoms with Crippen LogP contribution in [0.1, 0.15) is 18.4 Å². The molecule has 0 aromatic heterocycles. The van der Waals surface area contributed by atoms with E-state index in [4.69, 9.17) is 4.74 Å². The molecule has 0 amide bonds. The molecule has 18 heavy (non-hydrogen) atoms. The molecule has 98 valence electrons. The zero-order chi connectivity index (χ0) is 13.0. The van der Waals surface area contributed by atoms with Crippen molar-refractivity contribution >= 4 is 11.4 Å². The maximum absolute atomic E-state index is 10.7. The molecule has 1 aliphatic heterocycles. The Balaban J connectivity index is 1.93. The van der Waals surface area contributed by atoms with E-state index in [1.54, 1.807) is 19.1 Å². The van der Waals surface area contributed by atoms with Crippen LogP contribution in [-0.2, 0) is 4.74 Å². The van der Waals surface area contributed by atoms with Gasteiger partial charge in [-0.15, -0.1) is 0 Å². The molecular weight excluding hydrogens is 232 g/mol. The number of ether oxygens (including phenoxy) is 1. The first kappa shape index (κ1) is 12.8. The molecule has 5 heteroatoms. The molecule has 1 fully saturated rings. The third kappa shape index (κ3) is 3.20. The van der Waals surface area contributed by atoms with Crippen LogP contribution in [0.5, 0.6) is 0 Å². The van der Waals surface area contributed by atoms with Crippen molar-refractivity contribution in [1.29, 1.82) is 0 Å². The summed E-state index contributed by atoms with van der Waals surface area (Å²) >= 11 is 0. The maximum atomic E-state index is 10.7. The van der Waals surface area contributed by atoms with Gasteiger partial charge in [0.05, 0.1) is 4.92 Å². The number of nitrogens with one attached hydrogen (secondary N) is 1. The van der Waals surface area contributed by atoms with Crippen LogP contribution in [0.3, 0.4) is 0 Å². The van der Waals surface area contributed by atoms with Crippen molar-refractivity contribution in [3.05, 3.63) is 33.9 Å². The summed E-state index contributed by atoms with van der Waals surface area (Å²) in [5, 5.41) is 14.1. The second-order valence-corrected chi connectivity index (χ2v) is 4.70. The molecule has 1 aliphatic rings. The van der Waals surface area contributed by atoms with E-state index < -0.39 is 0 Å². The summed E-state index contributed by atoms with van der Waals surface area (Å²) in [4.78, 5) is 10.4. The molecule has 1 N–H and O–H groups in total. The van der Waals surface area contributed by atoms with Crippen molar-refractivity contribution in [2.45, 2.75) is 19.8 Å². The Hall–Kier alpha value is -1.62. The van der Waals surface area contributed by atoms with E-state index in [1.165, 1.54) is 0 Å². The fourth-order valence-corrected chi connectivity index (χ4v) is 2.18. The number of nitrogens with zero attached hydrogens (tertiary/aromatic N) is 1. The molecule has 1 aromatic rings. The Morgan fingerprint density at radius 1 is 1.44 bits per heavy atom. The highest BCUT2D eigenvalue weighted by atomic mass is 16.6. The maximum Gasteiger partial charge on any atom is 0.272 e. The first-order chi connectivity index (χ1) is 8.66. The Labute approximate surface area is 106 Å². The number of benzene rings is 1. The van der Waals surface area contributed by atoms with Gasteiger partial charge in [-0.3, -0.25) is 10.1 Å². The Morgan fingerprint density at radius 2 is 2.17 bits per heavy atom. The topological polar surface area (TPSA) is 64.4 Å². The normalized spacial score (nSPS) is 16.5. The van der Waals surface area contributed by atoms with Crippen LogP contribution in [-0.4, -0.2) is 24.7 Å². The highest BCUT2D eigenvalue weighted by Crippen LogP contribution is 2.22. The van der Waals surface area contributed by atoms with Crippen molar-refractivity contribution < 1.29 is 9.66 Å². The minimum atomic E-state index is -0.350. The minimum absolute atomic E-state index is 0.173. The van der Waals surface area contributed by atoms with Gasteiger partial charge in [-0.25, -0.2) is 0 Å². The molecule has 1 saturated heterocycles. The quantitative estimate of drug-likeness (QED) is 0.659. The number of rotatable bonds is 4. The van der Waals surface area contributed by atoms with Gasteiger partial charge < -0.3 is 10.1 Å². The second-order valence-electron chi connectivity index (χ2n) is 4.70. The van der Waals surface area contributed by atoms with Crippen molar-refractivity contribution in [2.75, 3.05) is 25.1 Å². The largest absolute Gasteiger partial charge is 0.385 e. The average molecular weight is 250 g/mol. The third-order valence-electron chi connectivity index (χ3n) is 3.33. The highest BCUT2D eigenvalue weighted by molar-refractivity contribution is 5.53. The molecule has 0 bridgehead atoms. The number of hydrogen-bond acceptors (Lipinski definition) is 4. The van der Waals surface area contributed by atoms with Crippen LogP contribution >= 0.6 is 0 Å². The Morgan fingerprint density at radius 3 is 2.78 bits per heavy atom. The highest BCUT2D eigenvalue weighted by Gasteiger charge is 2.14. The lowest BCUT2D eigenvalue weighted by Gasteiger charge is -2.22. The van der Waals surface area contributed by atoms with Crippen LogP contribution in [0, 0.1) is 23.0 Å². The van der Waals surface area contributed by atoms with Gasteiger partial charge in [0.15, 0.2) is 0 Å². The Kier molecular flexibility index (Phi) is 4.15. The van der Waals surface area contributed by atoms with Crippen LogP contribution in [0.15, 0.2) is 18.2 Å². The van der Waals surface area contributed by atoms with Gasteiger partial charge in [0.2, 0.25) is 0 Å². The Bertz CT molecular complexity index is 428. The van der Waals surface area contributed by atoms with Gasteiger partial charge in [0.1, 0.15) is 0 Å². The monoisotopic (exact) mass is 250 g/mol. The summed E-state index contributed by atoms with van der Waals surface area (Å²) in [6.45, 7) is 4.34. The third-order valence-corrected chi connectivity index (χ3v) is 3.33. The van der Waals surface area contributed by atoms with E-state index >= 15 is 0 Å². The summed E-state index contributed by atoms with van der Waals surface area (Å²) in [7, 11) is 0. The molecule has 1 heterocycles. The van der Waals surface area contributed by atoms with Gasteiger partial charge in [-0.2, -0.15) is 0 Å². The van der Waals surface area contributed by atoms with E-state index in [1.807, 2.05) is 6.07 Å². The predicted octanol–water partition coefficient (Wildman–Crippen LogP) is 2.74. The molecule has 1 aromatic carbocycles. The summed E-state index contributed by atoms with van der Waals surface area (Å²) in [5.74, 6) is 0.634. The summed E-state index contributed by atoms with van der Waals surface area (Å²) < 4.78 is 5.31. The fraction of sp³-hybridized carbons (Fsp3) is 0.538. The number of anilines is 1. The fourth-order valence-electron chi connectivity index (χ4n) is 2.18. The lowest BCUT2D eigenvalue weighted by Crippen LogP contribution is -2.22. The van der Waals surface area contributed by atoms with E-state index in [2.05, 4.69) is 5.32 Å². The molecule has 0 atom stereocenters. The number of aryl methyl sites for hydroxylation is 1. The second kappa shape index (κ2) is 5.82. The standard InChI is InChI=1S/C13H18N2O3/c1-10-8-12(2-3-13(10)15(16)17)14-9-11-4-6-18-7-5-11/h2-3,8,11,14H,4-7,9H2,1H3. The SMILES string of the molecule is Cc1cc(NCC2CCOCC2)ccc1[N+](=O)[O-]. The first-order valence-electron chi connectivity index (χ1n) is 6.23. The van der Waals surface area contributed by atoms with Crippen LogP contribution in [0.4, 0.5) is 11.4 Å². The molecule has 2 rings (SSSR count). The van der Waals surface area contributed by atoms with Crippen molar-refractivity contribution in [3.8, 4) is 0 Å². The summed E-state index contributed by atoms with van der Waals surface area (Å²) in [5.41, 5.74) is 1.81. The number of nitro benzene ring substituents is 1. The van der Waals surface area contributed by atoms with Crippen LogP contribution < -0.4 is 5.32 Å². The molecule has 0 radical (unpaired) electrons. The van der Waals surface area contributed by atoms with Gasteiger partial charge in [0, 0.05) is 37.1 Å².